The van der Waals surface area contributed by atoms with Gasteiger partial charge in [0.05, 0.1) is 10.9 Å². The van der Waals surface area contributed by atoms with Crippen molar-refractivity contribution in [2.45, 2.75) is 37.6 Å². The average Bonchev–Trinajstić information content (AvgIpc) is 2.73. The molecule has 166 valence electrons. The largest absolute Gasteiger partial charge is 0.326 e. The Labute approximate surface area is 182 Å². The van der Waals surface area contributed by atoms with Crippen LogP contribution in [0.1, 0.15) is 25.3 Å². The van der Waals surface area contributed by atoms with Gasteiger partial charge in [-0.05, 0) is 81.7 Å². The van der Waals surface area contributed by atoms with Crippen molar-refractivity contribution in [3.8, 4) is 0 Å². The number of likely N-dealkylation sites (tertiary alicyclic amines) is 1. The molecule has 8 nitrogen and oxygen atoms in total. The van der Waals surface area contributed by atoms with E-state index in [4.69, 9.17) is 5.14 Å². The summed E-state index contributed by atoms with van der Waals surface area (Å²) >= 11 is 0. The van der Waals surface area contributed by atoms with Gasteiger partial charge in [-0.15, -0.1) is 0 Å². The monoisotopic (exact) mass is 444 g/mol. The molecule has 0 spiro atoms. The molecule has 1 fully saturated rings. The Morgan fingerprint density at radius 3 is 2.26 bits per heavy atom. The van der Waals surface area contributed by atoms with Gasteiger partial charge in [0.2, 0.25) is 21.8 Å². The maximum absolute atomic E-state index is 12.6. The molecule has 2 amide bonds. The maximum atomic E-state index is 12.6. The zero-order chi connectivity index (χ0) is 22.6. The van der Waals surface area contributed by atoms with Crippen LogP contribution in [0.25, 0.3) is 0 Å². The van der Waals surface area contributed by atoms with E-state index in [2.05, 4.69) is 15.5 Å². The van der Waals surface area contributed by atoms with Crippen molar-refractivity contribution in [3.05, 3.63) is 54.1 Å². The van der Waals surface area contributed by atoms with Gasteiger partial charge in [-0.3, -0.25) is 14.5 Å². The van der Waals surface area contributed by atoms with Gasteiger partial charge in [-0.1, -0.05) is 12.1 Å². The van der Waals surface area contributed by atoms with Crippen LogP contribution >= 0.6 is 0 Å². The summed E-state index contributed by atoms with van der Waals surface area (Å²) < 4.78 is 22.6. The molecule has 0 saturated carbocycles. The number of amides is 2. The standard InChI is InChI=1S/C22H28N4O4S/c1-15-4-3-5-19(14-15)25-21(27)16(2)26-12-10-17(11-13-26)22(28)24-18-6-8-20(9-7-18)31(23,29)30/h3-9,14,16-17H,10-13H2,1-2H3,(H,24,28)(H,25,27)(H2,23,29,30)/t16-/m0/s1. The highest BCUT2D eigenvalue weighted by Gasteiger charge is 2.30. The van der Waals surface area contributed by atoms with E-state index in [1.54, 1.807) is 0 Å². The van der Waals surface area contributed by atoms with Gasteiger partial charge in [0.25, 0.3) is 0 Å². The van der Waals surface area contributed by atoms with Gasteiger partial charge in [0.1, 0.15) is 0 Å². The molecule has 2 aromatic carbocycles. The summed E-state index contributed by atoms with van der Waals surface area (Å²) in [5.41, 5.74) is 2.38. The molecule has 31 heavy (non-hydrogen) atoms. The van der Waals surface area contributed by atoms with Crippen LogP contribution < -0.4 is 15.8 Å². The van der Waals surface area contributed by atoms with Crippen LogP contribution in [0.5, 0.6) is 0 Å². The lowest BCUT2D eigenvalue weighted by atomic mass is 9.94. The maximum Gasteiger partial charge on any atom is 0.241 e. The summed E-state index contributed by atoms with van der Waals surface area (Å²) in [5, 5.41) is 10.9. The van der Waals surface area contributed by atoms with Gasteiger partial charge in [0, 0.05) is 17.3 Å². The number of benzene rings is 2. The Morgan fingerprint density at radius 1 is 1.03 bits per heavy atom. The highest BCUT2D eigenvalue weighted by Crippen LogP contribution is 2.22. The van der Waals surface area contributed by atoms with Crippen LogP contribution in [-0.2, 0) is 19.6 Å². The lowest BCUT2D eigenvalue weighted by Gasteiger charge is -2.34. The molecule has 1 saturated heterocycles. The third-order valence-electron chi connectivity index (χ3n) is 5.56. The van der Waals surface area contributed by atoms with Crippen molar-refractivity contribution in [1.82, 2.24) is 4.90 Å². The Morgan fingerprint density at radius 2 is 1.68 bits per heavy atom. The van der Waals surface area contributed by atoms with Crippen molar-refractivity contribution >= 4 is 33.2 Å². The molecule has 1 heterocycles. The molecule has 2 aromatic rings. The highest BCUT2D eigenvalue weighted by atomic mass is 32.2. The van der Waals surface area contributed by atoms with E-state index in [0.29, 0.717) is 31.6 Å². The first-order valence-corrected chi connectivity index (χ1v) is 11.7. The minimum atomic E-state index is -3.76. The first-order chi connectivity index (χ1) is 14.6. The van der Waals surface area contributed by atoms with E-state index in [0.717, 1.165) is 11.3 Å². The number of primary sulfonamides is 1. The van der Waals surface area contributed by atoms with Crippen molar-refractivity contribution < 1.29 is 18.0 Å². The van der Waals surface area contributed by atoms with Crippen molar-refractivity contribution in [1.29, 1.82) is 0 Å². The van der Waals surface area contributed by atoms with Crippen LogP contribution in [0.3, 0.4) is 0 Å². The number of carbonyl (C=O) groups is 2. The summed E-state index contributed by atoms with van der Waals surface area (Å²) in [6.45, 7) is 5.14. The summed E-state index contributed by atoms with van der Waals surface area (Å²) in [6, 6.07) is 13.1. The van der Waals surface area contributed by atoms with Crippen molar-refractivity contribution in [2.24, 2.45) is 11.1 Å². The van der Waals surface area contributed by atoms with Gasteiger partial charge in [-0.25, -0.2) is 13.6 Å². The Bertz CT molecular complexity index is 1050. The second kappa shape index (κ2) is 9.59. The number of rotatable bonds is 6. The number of anilines is 2. The van der Waals surface area contributed by atoms with Crippen molar-refractivity contribution in [2.75, 3.05) is 23.7 Å². The normalized spacial score (nSPS) is 16.5. The lowest BCUT2D eigenvalue weighted by Crippen LogP contribution is -2.47. The van der Waals surface area contributed by atoms with Crippen LogP contribution in [0.4, 0.5) is 11.4 Å². The number of nitrogens with zero attached hydrogens (tertiary/aromatic N) is 1. The third kappa shape index (κ3) is 6.13. The molecule has 1 aliphatic heterocycles. The van der Waals surface area contributed by atoms with E-state index < -0.39 is 10.0 Å². The predicted molar refractivity (Wildman–Crippen MR) is 120 cm³/mol. The topological polar surface area (TPSA) is 122 Å². The lowest BCUT2D eigenvalue weighted by molar-refractivity contribution is -0.123. The van der Waals surface area contributed by atoms with E-state index >= 15 is 0 Å². The fraction of sp³-hybridized carbons (Fsp3) is 0.364. The molecule has 0 aromatic heterocycles. The van der Waals surface area contributed by atoms with E-state index in [1.165, 1.54) is 24.3 Å². The SMILES string of the molecule is Cc1cccc(NC(=O)[C@H](C)N2CCC(C(=O)Nc3ccc(S(N)(=O)=O)cc3)CC2)c1. The molecule has 0 bridgehead atoms. The van der Waals surface area contributed by atoms with E-state index in [1.807, 2.05) is 38.1 Å². The van der Waals surface area contributed by atoms with Crippen LogP contribution in [-0.4, -0.2) is 44.3 Å². The van der Waals surface area contributed by atoms with Gasteiger partial charge in [-0.2, -0.15) is 0 Å². The van der Waals surface area contributed by atoms with E-state index in [-0.39, 0.29) is 28.7 Å². The van der Waals surface area contributed by atoms with E-state index in [9.17, 15) is 18.0 Å². The number of hydrogen-bond acceptors (Lipinski definition) is 5. The highest BCUT2D eigenvalue weighted by molar-refractivity contribution is 7.89. The minimum absolute atomic E-state index is 0.00302. The number of nitrogens with two attached hydrogens (primary N) is 1. The van der Waals surface area contributed by atoms with Crippen LogP contribution in [0.2, 0.25) is 0 Å². The minimum Gasteiger partial charge on any atom is -0.326 e. The molecule has 9 heteroatoms. The molecule has 3 rings (SSSR count). The third-order valence-corrected chi connectivity index (χ3v) is 6.49. The predicted octanol–water partition coefficient (Wildman–Crippen LogP) is 2.32. The Hall–Kier alpha value is -2.75. The number of nitrogens with one attached hydrogen (secondary N) is 2. The van der Waals surface area contributed by atoms with Crippen molar-refractivity contribution in [3.63, 3.8) is 0 Å². The number of carbonyl (C=O) groups excluding carboxylic acids is 2. The van der Waals surface area contributed by atoms with Crippen LogP contribution in [0.15, 0.2) is 53.4 Å². The Kier molecular flexibility index (Phi) is 7.09. The molecule has 0 aliphatic carbocycles. The molecule has 1 aliphatic rings. The average molecular weight is 445 g/mol. The number of piperidine rings is 1. The second-order valence-electron chi connectivity index (χ2n) is 7.90. The molecule has 0 radical (unpaired) electrons. The molecular formula is C22H28N4O4S. The van der Waals surface area contributed by atoms with Gasteiger partial charge < -0.3 is 10.6 Å². The zero-order valence-corrected chi connectivity index (χ0v) is 18.5. The quantitative estimate of drug-likeness (QED) is 0.631. The first kappa shape index (κ1) is 22.9. The summed E-state index contributed by atoms with van der Waals surface area (Å²) in [6.07, 6.45) is 1.28. The molecule has 0 unspecified atom stereocenters. The number of sulfonamides is 1. The summed E-state index contributed by atoms with van der Waals surface area (Å²) in [5.74, 6) is -0.343. The second-order valence-corrected chi connectivity index (χ2v) is 9.47. The summed E-state index contributed by atoms with van der Waals surface area (Å²) in [4.78, 5) is 27.3. The number of hydrogen-bond donors (Lipinski definition) is 3. The van der Waals surface area contributed by atoms with Gasteiger partial charge in [0.15, 0.2) is 0 Å². The smallest absolute Gasteiger partial charge is 0.241 e. The summed E-state index contributed by atoms with van der Waals surface area (Å²) in [7, 11) is -3.76. The number of aryl methyl sites for hydroxylation is 1. The zero-order valence-electron chi connectivity index (χ0n) is 17.7. The van der Waals surface area contributed by atoms with Gasteiger partial charge >= 0.3 is 0 Å². The molecule has 1 atom stereocenters. The molecular weight excluding hydrogens is 416 g/mol. The Balaban J connectivity index is 1.50. The van der Waals surface area contributed by atoms with Crippen LogP contribution in [0, 0.1) is 12.8 Å². The molecule has 4 N–H and O–H groups in total. The fourth-order valence-electron chi connectivity index (χ4n) is 3.66. The first-order valence-electron chi connectivity index (χ1n) is 10.2. The fourth-order valence-corrected chi connectivity index (χ4v) is 4.17.